The summed E-state index contributed by atoms with van der Waals surface area (Å²) >= 11 is 0. The average molecular weight is 389 g/mol. The highest BCUT2D eigenvalue weighted by Crippen LogP contribution is 2.25. The summed E-state index contributed by atoms with van der Waals surface area (Å²) in [5, 5.41) is 15.4. The maximum atomic E-state index is 13.0. The van der Waals surface area contributed by atoms with E-state index in [1.54, 1.807) is 37.8 Å². The molecule has 1 aromatic heterocycles. The molecule has 3 rings (SSSR count). The number of nitro groups is 1. The molecule has 1 atom stereocenters. The molecule has 150 valence electrons. The number of piperazine rings is 1. The largest absolute Gasteiger partial charge is 0.338 e. The number of aromatic nitrogens is 2. The van der Waals surface area contributed by atoms with Gasteiger partial charge in [-0.1, -0.05) is 12.1 Å². The summed E-state index contributed by atoms with van der Waals surface area (Å²) in [5.41, 5.74) is 1.69. The Balaban J connectivity index is 1.61. The highest BCUT2D eigenvalue weighted by Gasteiger charge is 2.30. The highest BCUT2D eigenvalue weighted by molar-refractivity contribution is 5.80. The Morgan fingerprint density at radius 2 is 1.82 bits per heavy atom. The number of rotatable bonds is 5. The Hall–Kier alpha value is -2.81. The zero-order valence-electron chi connectivity index (χ0n) is 16.3. The van der Waals surface area contributed by atoms with Crippen molar-refractivity contribution in [2.75, 3.05) is 26.2 Å². The lowest BCUT2D eigenvalue weighted by molar-refractivity contribution is -0.386. The summed E-state index contributed by atoms with van der Waals surface area (Å²) in [4.78, 5) is 27.6. The number of nitrogens with zero attached hydrogens (tertiary/aromatic N) is 5. The van der Waals surface area contributed by atoms with Crippen LogP contribution in [0.15, 0.2) is 24.3 Å². The number of halogens is 1. The second kappa shape index (κ2) is 8.05. The molecule has 1 aliphatic rings. The van der Waals surface area contributed by atoms with Crippen molar-refractivity contribution in [3.63, 3.8) is 0 Å². The molecular formula is C19H24FN5O3. The van der Waals surface area contributed by atoms with E-state index in [1.165, 1.54) is 16.8 Å². The van der Waals surface area contributed by atoms with Crippen LogP contribution in [-0.4, -0.2) is 56.6 Å². The van der Waals surface area contributed by atoms with Gasteiger partial charge in [-0.05, 0) is 38.5 Å². The van der Waals surface area contributed by atoms with Gasteiger partial charge in [-0.15, -0.1) is 0 Å². The van der Waals surface area contributed by atoms with Crippen LogP contribution in [0.25, 0.3) is 0 Å². The summed E-state index contributed by atoms with van der Waals surface area (Å²) < 4.78 is 14.5. The number of aryl methyl sites for hydroxylation is 1. The molecule has 0 aliphatic carbocycles. The molecule has 0 bridgehead atoms. The van der Waals surface area contributed by atoms with Crippen molar-refractivity contribution in [2.45, 2.75) is 33.4 Å². The fraction of sp³-hybridized carbons (Fsp3) is 0.474. The van der Waals surface area contributed by atoms with Gasteiger partial charge in [0.15, 0.2) is 0 Å². The van der Waals surface area contributed by atoms with Crippen molar-refractivity contribution in [2.24, 2.45) is 0 Å². The van der Waals surface area contributed by atoms with Crippen molar-refractivity contribution in [3.05, 3.63) is 57.1 Å². The third kappa shape index (κ3) is 4.04. The minimum absolute atomic E-state index is 0.0382. The smallest absolute Gasteiger partial charge is 0.312 e. The molecule has 1 aliphatic heterocycles. The van der Waals surface area contributed by atoms with E-state index in [9.17, 15) is 19.3 Å². The van der Waals surface area contributed by atoms with Crippen molar-refractivity contribution < 1.29 is 14.1 Å². The van der Waals surface area contributed by atoms with E-state index in [4.69, 9.17) is 0 Å². The Morgan fingerprint density at radius 3 is 2.36 bits per heavy atom. The van der Waals surface area contributed by atoms with E-state index in [-0.39, 0.29) is 17.4 Å². The quantitative estimate of drug-likeness (QED) is 0.579. The van der Waals surface area contributed by atoms with Gasteiger partial charge in [0, 0.05) is 32.7 Å². The number of carbonyl (C=O) groups excluding carboxylic acids is 1. The predicted molar refractivity (Wildman–Crippen MR) is 101 cm³/mol. The first kappa shape index (κ1) is 19.9. The Kier molecular flexibility index (Phi) is 5.73. The van der Waals surface area contributed by atoms with Gasteiger partial charge in [0.05, 0.1) is 4.92 Å². The standard InChI is InChI=1S/C19H24FN5O3/c1-13-18(25(27)28)14(2)24(21-13)15(3)19(26)23-10-8-22(9-11-23)12-16-4-6-17(20)7-5-16/h4-7,15H,8-12H2,1-3H3. The van der Waals surface area contributed by atoms with Crippen LogP contribution < -0.4 is 0 Å². The number of hydrogen-bond acceptors (Lipinski definition) is 5. The van der Waals surface area contributed by atoms with E-state index < -0.39 is 11.0 Å². The third-order valence-electron chi connectivity index (χ3n) is 5.20. The molecule has 2 aromatic rings. The second-order valence-corrected chi connectivity index (χ2v) is 7.12. The molecule has 0 spiro atoms. The van der Waals surface area contributed by atoms with E-state index >= 15 is 0 Å². The van der Waals surface area contributed by atoms with Crippen LogP contribution in [0.4, 0.5) is 10.1 Å². The van der Waals surface area contributed by atoms with Gasteiger partial charge in [-0.3, -0.25) is 24.5 Å². The van der Waals surface area contributed by atoms with Crippen LogP contribution in [-0.2, 0) is 11.3 Å². The lowest BCUT2D eigenvalue weighted by Gasteiger charge is -2.36. The normalized spacial score (nSPS) is 16.2. The van der Waals surface area contributed by atoms with Gasteiger partial charge in [-0.2, -0.15) is 5.10 Å². The second-order valence-electron chi connectivity index (χ2n) is 7.12. The maximum absolute atomic E-state index is 13.0. The molecular weight excluding hydrogens is 365 g/mol. The first-order valence-corrected chi connectivity index (χ1v) is 9.23. The van der Waals surface area contributed by atoms with Crippen molar-refractivity contribution in [3.8, 4) is 0 Å². The predicted octanol–water partition coefficient (Wildman–Crippen LogP) is 2.45. The Labute approximate surface area is 162 Å². The molecule has 1 amide bonds. The lowest BCUT2D eigenvalue weighted by atomic mass is 10.2. The minimum Gasteiger partial charge on any atom is -0.338 e. The van der Waals surface area contributed by atoms with E-state index in [2.05, 4.69) is 10.00 Å². The Morgan fingerprint density at radius 1 is 1.21 bits per heavy atom. The minimum atomic E-state index is -0.601. The summed E-state index contributed by atoms with van der Waals surface area (Å²) in [5.74, 6) is -0.348. The van der Waals surface area contributed by atoms with E-state index in [0.717, 1.165) is 5.56 Å². The van der Waals surface area contributed by atoms with E-state index in [0.29, 0.717) is 44.1 Å². The van der Waals surface area contributed by atoms with Crippen molar-refractivity contribution >= 4 is 11.6 Å². The molecule has 1 fully saturated rings. The van der Waals surface area contributed by atoms with Crippen LogP contribution >= 0.6 is 0 Å². The molecule has 8 nitrogen and oxygen atoms in total. The molecule has 1 aromatic carbocycles. The van der Waals surface area contributed by atoms with Gasteiger partial charge in [0.1, 0.15) is 23.2 Å². The molecule has 28 heavy (non-hydrogen) atoms. The third-order valence-corrected chi connectivity index (χ3v) is 5.20. The van der Waals surface area contributed by atoms with Crippen LogP contribution in [0.3, 0.4) is 0 Å². The van der Waals surface area contributed by atoms with Gasteiger partial charge in [0.2, 0.25) is 5.91 Å². The monoisotopic (exact) mass is 389 g/mol. The van der Waals surface area contributed by atoms with Crippen molar-refractivity contribution in [1.82, 2.24) is 19.6 Å². The summed E-state index contributed by atoms with van der Waals surface area (Å²) in [6.07, 6.45) is 0. The van der Waals surface area contributed by atoms with Crippen LogP contribution in [0.2, 0.25) is 0 Å². The first-order valence-electron chi connectivity index (χ1n) is 9.23. The van der Waals surface area contributed by atoms with Crippen LogP contribution in [0.1, 0.15) is 29.9 Å². The highest BCUT2D eigenvalue weighted by atomic mass is 19.1. The fourth-order valence-corrected chi connectivity index (χ4v) is 3.64. The van der Waals surface area contributed by atoms with Gasteiger partial charge in [-0.25, -0.2) is 4.39 Å². The molecule has 9 heteroatoms. The zero-order valence-corrected chi connectivity index (χ0v) is 16.3. The molecule has 1 unspecified atom stereocenters. The summed E-state index contributed by atoms with van der Waals surface area (Å²) in [6.45, 7) is 8.20. The van der Waals surface area contributed by atoms with Crippen LogP contribution in [0, 0.1) is 29.8 Å². The molecule has 0 radical (unpaired) electrons. The topological polar surface area (TPSA) is 84.5 Å². The molecule has 0 N–H and O–H groups in total. The summed E-state index contributed by atoms with van der Waals surface area (Å²) in [6, 6.07) is 5.83. The maximum Gasteiger partial charge on any atom is 0.312 e. The fourth-order valence-electron chi connectivity index (χ4n) is 3.64. The molecule has 2 heterocycles. The van der Waals surface area contributed by atoms with Gasteiger partial charge in [0.25, 0.3) is 0 Å². The van der Waals surface area contributed by atoms with Gasteiger partial charge >= 0.3 is 5.69 Å². The van der Waals surface area contributed by atoms with E-state index in [1.807, 2.05) is 0 Å². The number of hydrogen-bond donors (Lipinski definition) is 0. The zero-order chi connectivity index (χ0) is 20.4. The first-order chi connectivity index (χ1) is 13.3. The number of amides is 1. The molecule has 0 saturated carbocycles. The molecule has 1 saturated heterocycles. The SMILES string of the molecule is Cc1nn(C(C)C(=O)N2CCN(Cc3ccc(F)cc3)CC2)c(C)c1[N+](=O)[O-]. The van der Waals surface area contributed by atoms with Gasteiger partial charge < -0.3 is 4.90 Å². The number of carbonyl (C=O) groups is 1. The number of benzene rings is 1. The summed E-state index contributed by atoms with van der Waals surface area (Å²) in [7, 11) is 0. The van der Waals surface area contributed by atoms with Crippen molar-refractivity contribution in [1.29, 1.82) is 0 Å². The average Bonchev–Trinajstić information content (AvgIpc) is 2.97. The Bertz CT molecular complexity index is 872. The lowest BCUT2D eigenvalue weighted by Crippen LogP contribution is -2.50. The van der Waals surface area contributed by atoms with Crippen LogP contribution in [0.5, 0.6) is 0 Å².